The molecule has 2 saturated heterocycles. The smallest absolute Gasteiger partial charge is 0.242 e. The molecular weight excluding hydrogens is 350 g/mol. The van der Waals surface area contributed by atoms with Crippen LogP contribution in [0.2, 0.25) is 0 Å². The molecule has 1 aromatic rings. The van der Waals surface area contributed by atoms with Gasteiger partial charge in [-0.15, -0.1) is 12.4 Å². The SMILES string of the molecule is CCCC(NC(=O)Cc1ccccc1)C(=O)NC1CC2CCC(C1)N2.Cl. The molecule has 3 atom stereocenters. The summed E-state index contributed by atoms with van der Waals surface area (Å²) in [6, 6.07) is 10.5. The van der Waals surface area contributed by atoms with Crippen LogP contribution in [0, 0.1) is 0 Å². The summed E-state index contributed by atoms with van der Waals surface area (Å²) in [6.07, 6.45) is 6.27. The van der Waals surface area contributed by atoms with Crippen molar-refractivity contribution in [3.05, 3.63) is 35.9 Å². The minimum Gasteiger partial charge on any atom is -0.351 e. The molecule has 2 amide bonds. The normalized spacial score (nSPS) is 25.0. The fraction of sp³-hybridized carbons (Fsp3) is 0.600. The van der Waals surface area contributed by atoms with E-state index in [1.807, 2.05) is 37.3 Å². The molecule has 1 aromatic carbocycles. The number of hydrogen-bond donors (Lipinski definition) is 3. The molecule has 0 radical (unpaired) electrons. The van der Waals surface area contributed by atoms with E-state index in [1.165, 1.54) is 12.8 Å². The van der Waals surface area contributed by atoms with Gasteiger partial charge in [0.15, 0.2) is 0 Å². The maximum absolute atomic E-state index is 12.7. The lowest BCUT2D eigenvalue weighted by Gasteiger charge is -2.31. The Hall–Kier alpha value is -1.59. The van der Waals surface area contributed by atoms with Crippen LogP contribution in [0.3, 0.4) is 0 Å². The zero-order valence-electron chi connectivity index (χ0n) is 15.4. The quantitative estimate of drug-likeness (QED) is 0.681. The average molecular weight is 380 g/mol. The second-order valence-corrected chi connectivity index (χ2v) is 7.39. The van der Waals surface area contributed by atoms with Crippen molar-refractivity contribution in [2.75, 3.05) is 0 Å². The van der Waals surface area contributed by atoms with Crippen molar-refractivity contribution >= 4 is 24.2 Å². The summed E-state index contributed by atoms with van der Waals surface area (Å²) in [5, 5.41) is 9.69. The first-order valence-corrected chi connectivity index (χ1v) is 9.53. The standard InChI is InChI=1S/C20H29N3O2.ClH/c1-2-6-18(23-19(24)11-14-7-4-3-5-8-14)20(25)22-17-12-15-9-10-16(13-17)21-15;/h3-5,7-8,15-18,21H,2,6,9-13H2,1H3,(H,22,25)(H,23,24);1H. The fourth-order valence-corrected chi connectivity index (χ4v) is 4.06. The number of carbonyl (C=O) groups excluding carboxylic acids is 2. The summed E-state index contributed by atoms with van der Waals surface area (Å²) in [5.74, 6) is -0.125. The number of halogens is 1. The third-order valence-electron chi connectivity index (χ3n) is 5.26. The van der Waals surface area contributed by atoms with Crippen molar-refractivity contribution in [2.24, 2.45) is 0 Å². The largest absolute Gasteiger partial charge is 0.351 e. The molecule has 2 aliphatic heterocycles. The van der Waals surface area contributed by atoms with E-state index in [9.17, 15) is 9.59 Å². The average Bonchev–Trinajstić information content (AvgIpc) is 2.94. The highest BCUT2D eigenvalue weighted by Crippen LogP contribution is 2.26. The number of amides is 2. The molecule has 5 nitrogen and oxygen atoms in total. The summed E-state index contributed by atoms with van der Waals surface area (Å²) in [6.45, 7) is 2.04. The number of rotatable bonds is 7. The molecule has 3 unspecified atom stereocenters. The molecule has 2 bridgehead atoms. The van der Waals surface area contributed by atoms with Gasteiger partial charge in [0.1, 0.15) is 6.04 Å². The van der Waals surface area contributed by atoms with E-state index in [4.69, 9.17) is 0 Å². The summed E-state index contributed by atoms with van der Waals surface area (Å²) >= 11 is 0. The van der Waals surface area contributed by atoms with Gasteiger partial charge in [-0.25, -0.2) is 0 Å². The highest BCUT2D eigenvalue weighted by atomic mass is 35.5. The predicted octanol–water partition coefficient (Wildman–Crippen LogP) is 2.34. The second kappa shape index (κ2) is 9.93. The van der Waals surface area contributed by atoms with Crippen molar-refractivity contribution in [1.29, 1.82) is 0 Å². The van der Waals surface area contributed by atoms with Crippen LogP contribution < -0.4 is 16.0 Å². The number of hydrogen-bond acceptors (Lipinski definition) is 3. The molecule has 0 aromatic heterocycles. The van der Waals surface area contributed by atoms with E-state index in [-0.39, 0.29) is 30.3 Å². The van der Waals surface area contributed by atoms with E-state index in [1.54, 1.807) is 0 Å². The second-order valence-electron chi connectivity index (χ2n) is 7.39. The minimum absolute atomic E-state index is 0. The number of carbonyl (C=O) groups is 2. The topological polar surface area (TPSA) is 70.2 Å². The van der Waals surface area contributed by atoms with Gasteiger partial charge < -0.3 is 16.0 Å². The van der Waals surface area contributed by atoms with Crippen molar-refractivity contribution in [2.45, 2.75) is 76.0 Å². The van der Waals surface area contributed by atoms with Gasteiger partial charge in [-0.05, 0) is 37.7 Å². The van der Waals surface area contributed by atoms with Gasteiger partial charge in [0, 0.05) is 18.1 Å². The molecule has 3 N–H and O–H groups in total. The van der Waals surface area contributed by atoms with E-state index in [0.29, 0.717) is 24.9 Å². The van der Waals surface area contributed by atoms with Gasteiger partial charge in [0.05, 0.1) is 6.42 Å². The predicted molar refractivity (Wildman–Crippen MR) is 105 cm³/mol. The number of fused-ring (bicyclic) bond motifs is 2. The Morgan fingerprint density at radius 1 is 1.15 bits per heavy atom. The van der Waals surface area contributed by atoms with E-state index < -0.39 is 6.04 Å². The minimum atomic E-state index is -0.436. The van der Waals surface area contributed by atoms with Crippen LogP contribution in [-0.4, -0.2) is 36.0 Å². The van der Waals surface area contributed by atoms with Crippen LogP contribution >= 0.6 is 12.4 Å². The molecule has 2 heterocycles. The van der Waals surface area contributed by atoms with Gasteiger partial charge >= 0.3 is 0 Å². The van der Waals surface area contributed by atoms with Gasteiger partial charge in [-0.2, -0.15) is 0 Å². The first-order chi connectivity index (χ1) is 12.1. The summed E-state index contributed by atoms with van der Waals surface area (Å²) < 4.78 is 0. The molecule has 0 saturated carbocycles. The Balaban J connectivity index is 0.00000243. The van der Waals surface area contributed by atoms with E-state index >= 15 is 0 Å². The maximum Gasteiger partial charge on any atom is 0.242 e. The third-order valence-corrected chi connectivity index (χ3v) is 5.26. The number of nitrogens with one attached hydrogen (secondary N) is 3. The first kappa shape index (κ1) is 20.7. The first-order valence-electron chi connectivity index (χ1n) is 9.53. The lowest BCUT2D eigenvalue weighted by atomic mass is 9.99. The van der Waals surface area contributed by atoms with Gasteiger partial charge in [-0.1, -0.05) is 43.7 Å². The van der Waals surface area contributed by atoms with Crippen LogP contribution in [-0.2, 0) is 16.0 Å². The van der Waals surface area contributed by atoms with Gasteiger partial charge in [0.2, 0.25) is 11.8 Å². The number of benzene rings is 1. The van der Waals surface area contributed by atoms with E-state index in [0.717, 1.165) is 24.8 Å². The van der Waals surface area contributed by atoms with Crippen molar-refractivity contribution in [1.82, 2.24) is 16.0 Å². The molecule has 2 fully saturated rings. The molecule has 0 aliphatic carbocycles. The van der Waals surface area contributed by atoms with Crippen molar-refractivity contribution < 1.29 is 9.59 Å². The molecular formula is C20H30ClN3O2. The van der Waals surface area contributed by atoms with Gasteiger partial charge in [0.25, 0.3) is 0 Å². The molecule has 2 aliphatic rings. The van der Waals surface area contributed by atoms with Crippen LogP contribution in [0.5, 0.6) is 0 Å². The Labute approximate surface area is 162 Å². The Morgan fingerprint density at radius 2 is 1.81 bits per heavy atom. The molecule has 0 spiro atoms. The highest BCUT2D eigenvalue weighted by molar-refractivity contribution is 5.88. The van der Waals surface area contributed by atoms with Gasteiger partial charge in [-0.3, -0.25) is 9.59 Å². The Bertz CT molecular complexity index is 584. The molecule has 6 heteroatoms. The summed E-state index contributed by atoms with van der Waals surface area (Å²) in [4.78, 5) is 25.0. The Morgan fingerprint density at radius 3 is 2.42 bits per heavy atom. The lowest BCUT2D eigenvalue weighted by molar-refractivity contribution is -0.129. The zero-order valence-corrected chi connectivity index (χ0v) is 16.2. The van der Waals surface area contributed by atoms with E-state index in [2.05, 4.69) is 16.0 Å². The third kappa shape index (κ3) is 5.71. The van der Waals surface area contributed by atoms with Crippen molar-refractivity contribution in [3.8, 4) is 0 Å². The van der Waals surface area contributed by atoms with Crippen LogP contribution in [0.4, 0.5) is 0 Å². The summed E-state index contributed by atoms with van der Waals surface area (Å²) in [5.41, 5.74) is 0.964. The monoisotopic (exact) mass is 379 g/mol. The highest BCUT2D eigenvalue weighted by Gasteiger charge is 2.34. The van der Waals surface area contributed by atoms with Crippen LogP contribution in [0.15, 0.2) is 30.3 Å². The Kier molecular flexibility index (Phi) is 7.91. The van der Waals surface area contributed by atoms with Crippen LogP contribution in [0.1, 0.15) is 51.0 Å². The maximum atomic E-state index is 12.7. The number of piperidine rings is 1. The lowest BCUT2D eigenvalue weighted by Crippen LogP contribution is -2.53. The van der Waals surface area contributed by atoms with Crippen LogP contribution in [0.25, 0.3) is 0 Å². The summed E-state index contributed by atoms with van der Waals surface area (Å²) in [7, 11) is 0. The molecule has 3 rings (SSSR count). The molecule has 26 heavy (non-hydrogen) atoms. The molecule has 144 valence electrons. The fourth-order valence-electron chi connectivity index (χ4n) is 4.06. The van der Waals surface area contributed by atoms with Crippen molar-refractivity contribution in [3.63, 3.8) is 0 Å². The zero-order chi connectivity index (χ0) is 17.6.